The summed E-state index contributed by atoms with van der Waals surface area (Å²) in [7, 11) is 0. The van der Waals surface area contributed by atoms with Crippen molar-refractivity contribution in [2.45, 2.75) is 72.4 Å². The summed E-state index contributed by atoms with van der Waals surface area (Å²) in [6.45, 7) is 8.03. The topological polar surface area (TPSA) is 200 Å². The Morgan fingerprint density at radius 2 is 1.64 bits per heavy atom. The van der Waals surface area contributed by atoms with E-state index in [1.807, 2.05) is 6.92 Å². The number of urea groups is 1. The second kappa shape index (κ2) is 19.0. The number of carbonyl (C=O) groups is 6. The Kier molecular flexibility index (Phi) is 16.2. The van der Waals surface area contributed by atoms with E-state index in [0.717, 1.165) is 17.5 Å². The van der Waals surface area contributed by atoms with Gasteiger partial charge in [-0.2, -0.15) is 0 Å². The second-order valence-corrected chi connectivity index (χ2v) is 10.1. The second-order valence-electron chi connectivity index (χ2n) is 10.1. The number of hydrogen-bond acceptors (Lipinski definition) is 7. The van der Waals surface area contributed by atoms with Gasteiger partial charge in [-0.25, -0.2) is 4.79 Å². The van der Waals surface area contributed by atoms with Crippen molar-refractivity contribution in [3.05, 3.63) is 41.5 Å². The molecule has 0 aliphatic carbocycles. The molecule has 1 aromatic rings. The van der Waals surface area contributed by atoms with Crippen LogP contribution in [-0.2, 0) is 30.6 Å². The molecular formula is C29H44N6O7. The van der Waals surface area contributed by atoms with E-state index < -0.39 is 23.9 Å². The summed E-state index contributed by atoms with van der Waals surface area (Å²) in [5.74, 6) is -1.96. The van der Waals surface area contributed by atoms with Crippen molar-refractivity contribution in [2.24, 2.45) is 11.7 Å². The lowest BCUT2D eigenvalue weighted by Gasteiger charge is -2.22. The van der Waals surface area contributed by atoms with Crippen molar-refractivity contribution in [1.29, 1.82) is 0 Å². The van der Waals surface area contributed by atoms with Gasteiger partial charge in [0.15, 0.2) is 0 Å². The van der Waals surface area contributed by atoms with Gasteiger partial charge in [0, 0.05) is 37.3 Å². The van der Waals surface area contributed by atoms with E-state index in [2.05, 4.69) is 21.3 Å². The van der Waals surface area contributed by atoms with E-state index in [0.29, 0.717) is 38.0 Å². The summed E-state index contributed by atoms with van der Waals surface area (Å²) < 4.78 is 0. The molecule has 0 bridgehead atoms. The van der Waals surface area contributed by atoms with E-state index in [1.54, 1.807) is 39.0 Å². The molecule has 1 aliphatic heterocycles. The zero-order valence-corrected chi connectivity index (χ0v) is 24.8. The number of imide groups is 1. The average Bonchev–Trinajstić information content (AvgIpc) is 3.26. The fourth-order valence-corrected chi connectivity index (χ4v) is 3.85. The Morgan fingerprint density at radius 1 is 0.976 bits per heavy atom. The Hall–Kier alpha value is -4.26. The average molecular weight is 589 g/mol. The van der Waals surface area contributed by atoms with Crippen LogP contribution in [0.25, 0.3) is 0 Å². The van der Waals surface area contributed by atoms with Crippen LogP contribution in [0.15, 0.2) is 30.4 Å². The van der Waals surface area contributed by atoms with Gasteiger partial charge in [0.2, 0.25) is 17.7 Å². The molecule has 1 aliphatic rings. The zero-order chi connectivity index (χ0) is 31.7. The van der Waals surface area contributed by atoms with E-state index in [4.69, 9.17) is 5.73 Å². The molecule has 1 aromatic carbocycles. The molecule has 0 radical (unpaired) electrons. The number of nitrogens with zero attached hydrogens (tertiary/aromatic N) is 1. The Labute approximate surface area is 246 Å². The molecule has 13 nitrogen and oxygen atoms in total. The first kappa shape index (κ1) is 35.8. The van der Waals surface area contributed by atoms with E-state index in [9.17, 15) is 33.9 Å². The van der Waals surface area contributed by atoms with Gasteiger partial charge in [-0.05, 0) is 49.3 Å². The fourth-order valence-electron chi connectivity index (χ4n) is 3.85. The number of rotatable bonds is 15. The van der Waals surface area contributed by atoms with Crippen molar-refractivity contribution >= 4 is 41.3 Å². The van der Waals surface area contributed by atoms with Crippen LogP contribution in [0.1, 0.15) is 64.0 Å². The number of anilines is 1. The third-order valence-electron chi connectivity index (χ3n) is 6.17. The van der Waals surface area contributed by atoms with Crippen LogP contribution in [-0.4, -0.2) is 71.2 Å². The molecule has 0 saturated heterocycles. The highest BCUT2D eigenvalue weighted by atomic mass is 16.3. The van der Waals surface area contributed by atoms with Crippen molar-refractivity contribution in [3.8, 4) is 0 Å². The molecule has 0 saturated carbocycles. The summed E-state index contributed by atoms with van der Waals surface area (Å²) in [6, 6.07) is 3.93. The number of amides is 7. The minimum Gasteiger partial charge on any atom is -0.392 e. The molecule has 42 heavy (non-hydrogen) atoms. The molecule has 1 unspecified atom stereocenters. The first-order valence-corrected chi connectivity index (χ1v) is 14.0. The number of primary amides is 1. The van der Waals surface area contributed by atoms with Crippen LogP contribution in [0.4, 0.5) is 10.5 Å². The molecule has 13 heteroatoms. The first-order valence-electron chi connectivity index (χ1n) is 14.0. The van der Waals surface area contributed by atoms with Crippen molar-refractivity contribution in [3.63, 3.8) is 0 Å². The molecule has 0 spiro atoms. The van der Waals surface area contributed by atoms with Gasteiger partial charge in [-0.3, -0.25) is 28.9 Å². The smallest absolute Gasteiger partial charge is 0.312 e. The molecule has 0 fully saturated rings. The zero-order valence-electron chi connectivity index (χ0n) is 24.8. The fraction of sp³-hybridized carbons (Fsp3) is 0.517. The maximum Gasteiger partial charge on any atom is 0.312 e. The van der Waals surface area contributed by atoms with Crippen LogP contribution in [0, 0.1) is 12.8 Å². The van der Waals surface area contributed by atoms with Crippen LogP contribution in [0.3, 0.4) is 0 Å². The lowest BCUT2D eigenvalue weighted by atomic mass is 10.0. The predicted octanol–water partition coefficient (Wildman–Crippen LogP) is 1.23. The highest BCUT2D eigenvalue weighted by Gasteiger charge is 2.25. The monoisotopic (exact) mass is 588 g/mol. The van der Waals surface area contributed by atoms with Gasteiger partial charge in [-0.15, -0.1) is 0 Å². The highest BCUT2D eigenvalue weighted by Crippen LogP contribution is 2.16. The summed E-state index contributed by atoms with van der Waals surface area (Å²) in [5, 5.41) is 19.6. The molecular weight excluding hydrogens is 544 g/mol. The maximum absolute atomic E-state index is 12.6. The quantitative estimate of drug-likeness (QED) is 0.131. The van der Waals surface area contributed by atoms with Gasteiger partial charge < -0.3 is 32.1 Å². The number of nitrogens with one attached hydrogen (secondary N) is 4. The molecule has 2 rings (SSSR count). The Balaban J connectivity index is 0.00000112. The molecule has 1 heterocycles. The van der Waals surface area contributed by atoms with Gasteiger partial charge in [-0.1, -0.05) is 39.3 Å². The van der Waals surface area contributed by atoms with E-state index in [1.165, 1.54) is 17.1 Å². The van der Waals surface area contributed by atoms with Crippen LogP contribution < -0.4 is 27.0 Å². The number of nitrogens with two attached hydrogens (primary N) is 1. The standard InChI is InChI=1S/C25H34N4O6.C4H10N2O/c1-16(2)24(28-20(31)7-5-4-6-12-29-22(33)10-11-23(29)34)25(35)26-14-21(32)27-19-9-8-18(15-30)13-17(19)3;1-2-3-6-4(5)7/h8-11,13,16,24,30H,4-7,12,14-15H2,1-3H3,(H,26,35)(H,27,32)(H,28,31);2-3H2,1H3,(H3,5,6,7). The highest BCUT2D eigenvalue weighted by molar-refractivity contribution is 6.12. The number of aryl methyl sites for hydroxylation is 1. The minimum atomic E-state index is -0.785. The number of carbonyl (C=O) groups excluding carboxylic acids is 6. The van der Waals surface area contributed by atoms with Crippen molar-refractivity contribution < 1.29 is 33.9 Å². The summed E-state index contributed by atoms with van der Waals surface area (Å²) >= 11 is 0. The van der Waals surface area contributed by atoms with Crippen LogP contribution >= 0.6 is 0 Å². The van der Waals surface area contributed by atoms with Crippen molar-refractivity contribution in [1.82, 2.24) is 20.9 Å². The number of hydrogen-bond donors (Lipinski definition) is 6. The SMILES string of the molecule is CCCNC(N)=O.Cc1cc(CO)ccc1NC(=O)CNC(=O)C(NC(=O)CCCCCN1C(=O)C=CC1=O)C(C)C. The van der Waals surface area contributed by atoms with Crippen LogP contribution in [0.2, 0.25) is 0 Å². The van der Waals surface area contributed by atoms with Gasteiger partial charge in [0.25, 0.3) is 11.8 Å². The molecule has 1 atom stereocenters. The largest absolute Gasteiger partial charge is 0.392 e. The maximum atomic E-state index is 12.6. The number of aliphatic hydroxyl groups is 1. The number of unbranched alkanes of at least 4 members (excludes halogenated alkanes) is 2. The van der Waals surface area contributed by atoms with Gasteiger partial charge >= 0.3 is 6.03 Å². The van der Waals surface area contributed by atoms with Gasteiger partial charge in [0.05, 0.1) is 13.2 Å². The molecule has 7 N–H and O–H groups in total. The third kappa shape index (κ3) is 13.4. The van der Waals surface area contributed by atoms with E-state index >= 15 is 0 Å². The summed E-state index contributed by atoms with van der Waals surface area (Å²) in [5.41, 5.74) is 6.84. The molecule has 7 amide bonds. The Bertz CT molecular complexity index is 1120. The summed E-state index contributed by atoms with van der Waals surface area (Å²) in [4.78, 5) is 71.3. The third-order valence-corrected chi connectivity index (χ3v) is 6.17. The predicted molar refractivity (Wildman–Crippen MR) is 158 cm³/mol. The van der Waals surface area contributed by atoms with Crippen LogP contribution in [0.5, 0.6) is 0 Å². The molecule has 232 valence electrons. The molecule has 0 aromatic heterocycles. The Morgan fingerprint density at radius 3 is 2.17 bits per heavy atom. The first-order chi connectivity index (χ1) is 19.9. The number of benzene rings is 1. The lowest BCUT2D eigenvalue weighted by Crippen LogP contribution is -2.51. The van der Waals surface area contributed by atoms with E-state index in [-0.39, 0.29) is 43.2 Å². The normalized spacial score (nSPS) is 12.9. The lowest BCUT2D eigenvalue weighted by molar-refractivity contribution is -0.137. The minimum absolute atomic E-state index is 0.0915. The number of aliphatic hydroxyl groups excluding tert-OH is 1. The van der Waals surface area contributed by atoms with Gasteiger partial charge in [0.1, 0.15) is 6.04 Å². The summed E-state index contributed by atoms with van der Waals surface area (Å²) in [6.07, 6.45) is 5.43. The van der Waals surface area contributed by atoms with Crippen molar-refractivity contribution in [2.75, 3.05) is 25.0 Å².